The molecule has 0 aromatic carbocycles. The normalized spacial score (nSPS) is 30.3. The molecule has 2 nitrogen and oxygen atoms in total. The Morgan fingerprint density at radius 2 is 1.21 bits per heavy atom. The van der Waals surface area contributed by atoms with Crippen LogP contribution in [-0.4, -0.2) is 11.1 Å². The third kappa shape index (κ3) is 6.42. The molecule has 3 fully saturated rings. The van der Waals surface area contributed by atoms with Crippen LogP contribution >= 0.6 is 0 Å². The van der Waals surface area contributed by atoms with Crippen LogP contribution in [0.2, 0.25) is 0 Å². The molecular weight excluding hydrogens is 416 g/mol. The Balaban J connectivity index is 1.75. The van der Waals surface area contributed by atoms with Crippen LogP contribution in [0, 0.1) is 22.2 Å². The topological polar surface area (TPSA) is 37.3 Å². The van der Waals surface area contributed by atoms with E-state index in [0.29, 0.717) is 5.41 Å². The molecule has 3 aliphatic rings. The van der Waals surface area contributed by atoms with E-state index in [4.69, 9.17) is 0 Å². The summed E-state index contributed by atoms with van der Waals surface area (Å²) in [5, 5.41) is 10.7. The molecule has 0 atom stereocenters. The van der Waals surface area contributed by atoms with E-state index in [9.17, 15) is 9.90 Å². The lowest BCUT2D eigenvalue weighted by atomic mass is 9.46. The highest BCUT2D eigenvalue weighted by molar-refractivity contribution is 5.76. The van der Waals surface area contributed by atoms with Crippen LogP contribution in [0.25, 0.3) is 0 Å². The molecule has 0 aromatic rings. The summed E-state index contributed by atoms with van der Waals surface area (Å²) >= 11 is 0. The van der Waals surface area contributed by atoms with Crippen molar-refractivity contribution in [3.05, 3.63) is 0 Å². The molecule has 0 unspecified atom stereocenters. The Labute approximate surface area is 212 Å². The second-order valence-corrected chi connectivity index (χ2v) is 12.9. The molecule has 34 heavy (non-hydrogen) atoms. The van der Waals surface area contributed by atoms with Crippen molar-refractivity contribution in [3.8, 4) is 0 Å². The number of carboxylic acids is 1. The maximum absolute atomic E-state index is 13.0. The van der Waals surface area contributed by atoms with E-state index in [-0.39, 0.29) is 5.41 Å². The number of hydrogen-bond acceptors (Lipinski definition) is 1. The van der Waals surface area contributed by atoms with Gasteiger partial charge >= 0.3 is 5.97 Å². The molecule has 3 aliphatic carbocycles. The molecule has 0 radical (unpaired) electrons. The Hall–Kier alpha value is -0.530. The van der Waals surface area contributed by atoms with E-state index in [1.165, 1.54) is 135 Å². The van der Waals surface area contributed by atoms with Crippen LogP contribution in [0.1, 0.15) is 174 Å². The van der Waals surface area contributed by atoms with Gasteiger partial charge in [-0.25, -0.2) is 0 Å². The predicted octanol–water partition coefficient (Wildman–Crippen LogP) is 10.5. The minimum Gasteiger partial charge on any atom is -0.481 e. The van der Waals surface area contributed by atoms with Gasteiger partial charge in [0.2, 0.25) is 0 Å². The molecule has 0 bridgehead atoms. The Morgan fingerprint density at radius 3 is 1.79 bits per heavy atom. The summed E-state index contributed by atoms with van der Waals surface area (Å²) < 4.78 is 0. The number of aliphatic carboxylic acids is 1. The molecular formula is C32H58O2. The molecule has 0 aromatic heterocycles. The van der Waals surface area contributed by atoms with Crippen molar-refractivity contribution in [1.82, 2.24) is 0 Å². The highest BCUT2D eigenvalue weighted by Gasteiger charge is 2.59. The van der Waals surface area contributed by atoms with Crippen LogP contribution < -0.4 is 0 Å². The Kier molecular flexibility index (Phi) is 11.3. The number of rotatable bonds is 14. The fraction of sp³-hybridized carbons (Fsp3) is 0.969. The van der Waals surface area contributed by atoms with Gasteiger partial charge in [0.25, 0.3) is 0 Å². The van der Waals surface area contributed by atoms with E-state index in [0.717, 1.165) is 31.6 Å². The largest absolute Gasteiger partial charge is 0.481 e. The van der Waals surface area contributed by atoms with Crippen molar-refractivity contribution >= 4 is 5.97 Å². The summed E-state index contributed by atoms with van der Waals surface area (Å²) in [6.07, 6.45) is 32.2. The number of carboxylic acid groups (broad SMARTS) is 1. The summed E-state index contributed by atoms with van der Waals surface area (Å²) in [6.45, 7) is 4.64. The predicted molar refractivity (Wildman–Crippen MR) is 145 cm³/mol. The van der Waals surface area contributed by atoms with Gasteiger partial charge in [-0.15, -0.1) is 0 Å². The second-order valence-electron chi connectivity index (χ2n) is 12.9. The maximum atomic E-state index is 13.0. The number of hydrogen-bond donors (Lipinski definition) is 1. The fourth-order valence-electron chi connectivity index (χ4n) is 8.85. The SMILES string of the molecule is CCCCCCCCCC1(C2(C(=O)O)CCCCC2)CCC(CCCC)(C2CCCCC2)CC1. The molecule has 0 amide bonds. The lowest BCUT2D eigenvalue weighted by molar-refractivity contribution is -0.171. The quantitative estimate of drug-likeness (QED) is 0.254. The summed E-state index contributed by atoms with van der Waals surface area (Å²) in [4.78, 5) is 13.0. The molecule has 3 rings (SSSR count). The van der Waals surface area contributed by atoms with Crippen LogP contribution in [0.4, 0.5) is 0 Å². The first-order valence-corrected chi connectivity index (χ1v) is 15.8. The molecule has 0 aliphatic heterocycles. The van der Waals surface area contributed by atoms with Crippen LogP contribution in [0.5, 0.6) is 0 Å². The van der Waals surface area contributed by atoms with Crippen molar-refractivity contribution in [2.24, 2.45) is 22.2 Å². The highest BCUT2D eigenvalue weighted by atomic mass is 16.4. The first kappa shape index (κ1) is 28.0. The molecule has 1 N–H and O–H groups in total. The van der Waals surface area contributed by atoms with Gasteiger partial charge in [-0.1, -0.05) is 110 Å². The van der Waals surface area contributed by atoms with Gasteiger partial charge in [-0.2, -0.15) is 0 Å². The van der Waals surface area contributed by atoms with Gasteiger partial charge in [0, 0.05) is 0 Å². The standard InChI is InChI=1S/C32H58O2/c1-3-5-7-8-9-10-15-21-31(32(29(33)34)22-16-12-17-23-32)26-24-30(25-27-31,20-6-4-2)28-18-13-11-14-19-28/h28H,3-27H2,1-2H3,(H,33,34). The molecule has 0 heterocycles. The van der Waals surface area contributed by atoms with Gasteiger partial charge in [-0.05, 0) is 81.0 Å². The Morgan fingerprint density at radius 1 is 0.647 bits per heavy atom. The summed E-state index contributed by atoms with van der Waals surface area (Å²) in [5.74, 6) is 0.477. The molecule has 3 saturated carbocycles. The average molecular weight is 475 g/mol. The summed E-state index contributed by atoms with van der Waals surface area (Å²) in [5.41, 5.74) is 0.151. The second kappa shape index (κ2) is 13.7. The van der Waals surface area contributed by atoms with E-state index in [1.54, 1.807) is 0 Å². The van der Waals surface area contributed by atoms with Gasteiger partial charge in [0.1, 0.15) is 0 Å². The van der Waals surface area contributed by atoms with Crippen LogP contribution in [0.15, 0.2) is 0 Å². The number of unbranched alkanes of at least 4 members (excludes halogenated alkanes) is 7. The van der Waals surface area contributed by atoms with Gasteiger partial charge in [0.15, 0.2) is 0 Å². The van der Waals surface area contributed by atoms with Gasteiger partial charge < -0.3 is 5.11 Å². The van der Waals surface area contributed by atoms with Crippen molar-refractivity contribution in [1.29, 1.82) is 0 Å². The van der Waals surface area contributed by atoms with Crippen LogP contribution in [0.3, 0.4) is 0 Å². The van der Waals surface area contributed by atoms with Crippen molar-refractivity contribution in [2.45, 2.75) is 174 Å². The van der Waals surface area contributed by atoms with E-state index >= 15 is 0 Å². The van der Waals surface area contributed by atoms with Crippen molar-refractivity contribution < 1.29 is 9.90 Å². The van der Waals surface area contributed by atoms with Crippen molar-refractivity contribution in [2.75, 3.05) is 0 Å². The van der Waals surface area contributed by atoms with Crippen LogP contribution in [-0.2, 0) is 4.79 Å². The minimum absolute atomic E-state index is 0.0626. The van der Waals surface area contributed by atoms with E-state index in [1.807, 2.05) is 0 Å². The third-order valence-corrected chi connectivity index (χ3v) is 11.1. The van der Waals surface area contributed by atoms with Crippen molar-refractivity contribution in [3.63, 3.8) is 0 Å². The zero-order valence-corrected chi connectivity index (χ0v) is 23.1. The monoisotopic (exact) mass is 474 g/mol. The first-order chi connectivity index (χ1) is 16.5. The smallest absolute Gasteiger partial charge is 0.310 e. The summed E-state index contributed by atoms with van der Waals surface area (Å²) in [7, 11) is 0. The van der Waals surface area contributed by atoms with E-state index in [2.05, 4.69) is 13.8 Å². The molecule has 0 saturated heterocycles. The van der Waals surface area contributed by atoms with Gasteiger partial charge in [-0.3, -0.25) is 4.79 Å². The zero-order valence-electron chi connectivity index (χ0n) is 23.1. The minimum atomic E-state index is -0.436. The molecule has 2 heteroatoms. The highest BCUT2D eigenvalue weighted by Crippen LogP contribution is 2.64. The van der Waals surface area contributed by atoms with Gasteiger partial charge in [0.05, 0.1) is 5.41 Å². The lowest BCUT2D eigenvalue weighted by Crippen LogP contribution is -2.53. The third-order valence-electron chi connectivity index (χ3n) is 11.1. The first-order valence-electron chi connectivity index (χ1n) is 15.8. The zero-order chi connectivity index (χ0) is 24.3. The average Bonchev–Trinajstić information content (AvgIpc) is 2.88. The fourth-order valence-corrected chi connectivity index (χ4v) is 8.85. The van der Waals surface area contributed by atoms with E-state index < -0.39 is 11.4 Å². The lowest BCUT2D eigenvalue weighted by Gasteiger charge is -2.58. The summed E-state index contributed by atoms with van der Waals surface area (Å²) in [6, 6.07) is 0. The maximum Gasteiger partial charge on any atom is 0.310 e. The number of carbonyl (C=O) groups is 1. The Bertz CT molecular complexity index is 574. The molecule has 198 valence electrons. The molecule has 0 spiro atoms.